The van der Waals surface area contributed by atoms with Crippen LogP contribution in [0, 0.1) is 0 Å². The molecule has 0 saturated heterocycles. The highest BCUT2D eigenvalue weighted by Crippen LogP contribution is 2.34. The first-order valence-electron chi connectivity index (χ1n) is 7.10. The summed E-state index contributed by atoms with van der Waals surface area (Å²) < 4.78 is 23.7. The zero-order valence-electron chi connectivity index (χ0n) is 13.3. The molecule has 0 aromatic rings. The Kier molecular flexibility index (Phi) is 9.05. The zero-order chi connectivity index (χ0) is 14.9. The maximum Gasteiger partial charge on any atom is 0.254 e. The van der Waals surface area contributed by atoms with Crippen LogP contribution in [0.15, 0.2) is 0 Å². The van der Waals surface area contributed by atoms with E-state index in [9.17, 15) is 0 Å². The van der Waals surface area contributed by atoms with Gasteiger partial charge in [0, 0.05) is 26.9 Å². The Morgan fingerprint density at radius 2 is 1.58 bits per heavy atom. The molecular formula is C13H31NO4Si. The fourth-order valence-electron chi connectivity index (χ4n) is 2.27. The highest BCUT2D eigenvalue weighted by molar-refractivity contribution is 6.73. The maximum absolute atomic E-state index is 6.03. The molecule has 0 heterocycles. The summed E-state index contributed by atoms with van der Waals surface area (Å²) >= 11 is 0. The van der Waals surface area contributed by atoms with Gasteiger partial charge in [-0.25, -0.2) is 0 Å². The number of nitrogens with two attached hydrogens (primary N) is 1. The molecule has 2 N–H and O–H groups in total. The lowest BCUT2D eigenvalue weighted by atomic mass is 10.2. The van der Waals surface area contributed by atoms with Crippen LogP contribution in [0.3, 0.4) is 0 Å². The van der Waals surface area contributed by atoms with Gasteiger partial charge in [-0.1, -0.05) is 0 Å². The topological polar surface area (TPSA) is 62.9 Å². The number of ether oxygens (including phenoxy) is 3. The maximum atomic E-state index is 6.03. The fraction of sp³-hybridized carbons (Fsp3) is 1.00. The zero-order valence-corrected chi connectivity index (χ0v) is 14.3. The van der Waals surface area contributed by atoms with Gasteiger partial charge in [0.1, 0.15) is 6.10 Å². The Morgan fingerprint density at radius 1 is 1.05 bits per heavy atom. The highest BCUT2D eigenvalue weighted by atomic mass is 28.4. The smallest absolute Gasteiger partial charge is 0.254 e. The second-order valence-electron chi connectivity index (χ2n) is 4.77. The predicted molar refractivity (Wildman–Crippen MR) is 79.6 cm³/mol. The van der Waals surface area contributed by atoms with E-state index in [2.05, 4.69) is 13.1 Å². The molecule has 0 aromatic carbocycles. The average Bonchev–Trinajstić information content (AvgIpc) is 2.38. The largest absolute Gasteiger partial charge is 0.414 e. The summed E-state index contributed by atoms with van der Waals surface area (Å²) in [5.74, 6) is 0. The van der Waals surface area contributed by atoms with Crippen LogP contribution in [0.1, 0.15) is 27.2 Å². The molecule has 0 amide bonds. The van der Waals surface area contributed by atoms with Gasteiger partial charge in [0.25, 0.3) is 8.32 Å². The van der Waals surface area contributed by atoms with Crippen LogP contribution >= 0.6 is 0 Å². The molecule has 0 fully saturated rings. The van der Waals surface area contributed by atoms with Crippen molar-refractivity contribution in [1.82, 2.24) is 0 Å². The first-order valence-corrected chi connectivity index (χ1v) is 10.0. The summed E-state index contributed by atoms with van der Waals surface area (Å²) in [6.45, 7) is 12.3. The quantitative estimate of drug-likeness (QED) is 0.466. The molecule has 1 atom stereocenters. The molecular weight excluding hydrogens is 262 g/mol. The van der Waals surface area contributed by atoms with Crippen LogP contribution in [-0.2, 0) is 18.6 Å². The first kappa shape index (κ1) is 19.0. The lowest BCUT2D eigenvalue weighted by Gasteiger charge is -2.47. The SMILES string of the molecule is CCOC(CCN)C(OCC)(OCC)[Si](C)(C)OC. The minimum absolute atomic E-state index is 0.205. The molecule has 6 heteroatoms. The highest BCUT2D eigenvalue weighted by Gasteiger charge is 2.56. The Hall–Kier alpha value is 0.0169. The van der Waals surface area contributed by atoms with Gasteiger partial charge in [-0.15, -0.1) is 0 Å². The summed E-state index contributed by atoms with van der Waals surface area (Å²) in [6, 6.07) is 0. The van der Waals surface area contributed by atoms with Crippen molar-refractivity contribution in [2.45, 2.75) is 51.8 Å². The van der Waals surface area contributed by atoms with E-state index in [1.165, 1.54) is 0 Å². The molecule has 0 radical (unpaired) electrons. The molecule has 0 aliphatic carbocycles. The van der Waals surface area contributed by atoms with Crippen molar-refractivity contribution in [2.75, 3.05) is 33.5 Å². The molecule has 19 heavy (non-hydrogen) atoms. The Balaban J connectivity index is 5.49. The second kappa shape index (κ2) is 9.04. The Morgan fingerprint density at radius 3 is 1.89 bits per heavy atom. The standard InChI is InChI=1S/C13H31NO4Si/c1-7-16-12(10-11-14)13(17-8-2,18-9-3)19(5,6)15-4/h12H,7-11,14H2,1-6H3. The third-order valence-corrected chi connectivity index (χ3v) is 6.60. The predicted octanol–water partition coefficient (Wildman–Crippen LogP) is 1.90. The van der Waals surface area contributed by atoms with Crippen LogP contribution in [-0.4, -0.2) is 53.3 Å². The van der Waals surface area contributed by atoms with Crippen molar-refractivity contribution >= 4 is 8.32 Å². The van der Waals surface area contributed by atoms with Crippen LogP contribution in [0.2, 0.25) is 13.1 Å². The van der Waals surface area contributed by atoms with Crippen LogP contribution < -0.4 is 5.73 Å². The van der Waals surface area contributed by atoms with Crippen LogP contribution in [0.5, 0.6) is 0 Å². The third-order valence-electron chi connectivity index (χ3n) is 3.29. The lowest BCUT2D eigenvalue weighted by Crippen LogP contribution is -2.67. The van der Waals surface area contributed by atoms with E-state index in [1.807, 2.05) is 20.8 Å². The molecule has 116 valence electrons. The summed E-state index contributed by atoms with van der Waals surface area (Å²) in [5.41, 5.74) is 4.90. The first-order chi connectivity index (χ1) is 8.95. The van der Waals surface area contributed by atoms with Gasteiger partial charge in [-0.3, -0.25) is 0 Å². The molecule has 0 aromatic heterocycles. The Labute approximate surface area is 118 Å². The van der Waals surface area contributed by atoms with Crippen LogP contribution in [0.4, 0.5) is 0 Å². The van der Waals surface area contributed by atoms with Crippen molar-refractivity contribution in [3.05, 3.63) is 0 Å². The van der Waals surface area contributed by atoms with E-state index in [0.29, 0.717) is 32.8 Å². The van der Waals surface area contributed by atoms with Crippen molar-refractivity contribution in [3.63, 3.8) is 0 Å². The summed E-state index contributed by atoms with van der Waals surface area (Å²) in [6.07, 6.45) is 0.484. The van der Waals surface area contributed by atoms with E-state index in [-0.39, 0.29) is 6.10 Å². The van der Waals surface area contributed by atoms with Crippen molar-refractivity contribution in [2.24, 2.45) is 5.73 Å². The molecule has 1 unspecified atom stereocenters. The molecule has 0 bridgehead atoms. The average molecular weight is 293 g/mol. The van der Waals surface area contributed by atoms with Gasteiger partial charge in [-0.05, 0) is 46.8 Å². The Bertz CT molecular complexity index is 227. The van der Waals surface area contributed by atoms with E-state index >= 15 is 0 Å². The molecule has 0 aliphatic rings. The molecule has 0 rings (SSSR count). The van der Waals surface area contributed by atoms with Crippen molar-refractivity contribution in [1.29, 1.82) is 0 Å². The summed E-state index contributed by atoms with van der Waals surface area (Å²) in [4.78, 5) is 0. The molecule has 0 aliphatic heterocycles. The summed E-state index contributed by atoms with van der Waals surface area (Å²) in [5, 5.41) is 0. The fourth-order valence-corrected chi connectivity index (χ4v) is 4.54. The molecule has 0 spiro atoms. The lowest BCUT2D eigenvalue weighted by molar-refractivity contribution is -0.249. The number of rotatable bonds is 11. The van der Waals surface area contributed by atoms with Gasteiger partial charge in [-0.2, -0.15) is 0 Å². The van der Waals surface area contributed by atoms with Gasteiger partial charge in [0.05, 0.1) is 0 Å². The van der Waals surface area contributed by atoms with Crippen molar-refractivity contribution < 1.29 is 18.6 Å². The van der Waals surface area contributed by atoms with E-state index in [1.54, 1.807) is 7.11 Å². The third kappa shape index (κ3) is 4.51. The summed E-state index contributed by atoms with van der Waals surface area (Å²) in [7, 11) is -0.549. The van der Waals surface area contributed by atoms with E-state index < -0.39 is 13.7 Å². The van der Waals surface area contributed by atoms with Gasteiger partial charge in [0.15, 0.2) is 0 Å². The number of hydrogen-bond donors (Lipinski definition) is 1. The van der Waals surface area contributed by atoms with Gasteiger partial charge in [0.2, 0.25) is 5.41 Å². The normalized spacial score (nSPS) is 14.7. The minimum atomic E-state index is -2.26. The molecule has 0 saturated carbocycles. The van der Waals surface area contributed by atoms with Gasteiger partial charge >= 0.3 is 0 Å². The number of hydrogen-bond acceptors (Lipinski definition) is 5. The van der Waals surface area contributed by atoms with Crippen molar-refractivity contribution in [3.8, 4) is 0 Å². The monoisotopic (exact) mass is 293 g/mol. The van der Waals surface area contributed by atoms with E-state index in [4.69, 9.17) is 24.4 Å². The van der Waals surface area contributed by atoms with E-state index in [0.717, 1.165) is 0 Å². The second-order valence-corrected chi connectivity index (χ2v) is 8.90. The van der Waals surface area contributed by atoms with Crippen LogP contribution in [0.25, 0.3) is 0 Å². The van der Waals surface area contributed by atoms with Gasteiger partial charge < -0.3 is 24.4 Å². The minimum Gasteiger partial charge on any atom is -0.414 e. The molecule has 5 nitrogen and oxygen atoms in total.